The number of tetrazole rings is 1. The fourth-order valence-electron chi connectivity index (χ4n) is 2.31. The third kappa shape index (κ3) is 4.03. The molecular formula is C16H14N6O3S. The first-order valence-electron chi connectivity index (χ1n) is 7.53. The van der Waals surface area contributed by atoms with E-state index >= 15 is 0 Å². The van der Waals surface area contributed by atoms with Crippen LogP contribution < -0.4 is 5.32 Å². The zero-order chi connectivity index (χ0) is 18.5. The van der Waals surface area contributed by atoms with Gasteiger partial charge in [-0.3, -0.25) is 14.9 Å². The van der Waals surface area contributed by atoms with Crippen LogP contribution in [0.25, 0.3) is 5.69 Å². The van der Waals surface area contributed by atoms with E-state index in [9.17, 15) is 14.9 Å². The largest absolute Gasteiger partial charge is 0.326 e. The van der Waals surface area contributed by atoms with E-state index in [1.54, 1.807) is 35.0 Å². The molecule has 0 unspecified atom stereocenters. The van der Waals surface area contributed by atoms with Crippen molar-refractivity contribution in [2.75, 3.05) is 11.6 Å². The van der Waals surface area contributed by atoms with Crippen molar-refractivity contribution < 1.29 is 9.72 Å². The number of carbonyl (C=O) groups is 1. The zero-order valence-electron chi connectivity index (χ0n) is 13.7. The van der Waals surface area contributed by atoms with E-state index in [2.05, 4.69) is 20.8 Å². The van der Waals surface area contributed by atoms with Gasteiger partial charge in [0.1, 0.15) is 0 Å². The molecule has 0 radical (unpaired) electrons. The van der Waals surface area contributed by atoms with Gasteiger partial charge in [0.15, 0.2) is 0 Å². The minimum absolute atomic E-state index is 0.00657. The second kappa shape index (κ2) is 7.74. The van der Waals surface area contributed by atoms with Crippen LogP contribution in [0.15, 0.2) is 53.7 Å². The molecule has 0 spiro atoms. The first kappa shape index (κ1) is 17.5. The summed E-state index contributed by atoms with van der Waals surface area (Å²) in [5.74, 6) is -0.224. The van der Waals surface area contributed by atoms with Gasteiger partial charge in [0.05, 0.1) is 17.0 Å². The van der Waals surface area contributed by atoms with Gasteiger partial charge < -0.3 is 5.32 Å². The quantitative estimate of drug-likeness (QED) is 0.402. The Morgan fingerprint density at radius 2 is 2.04 bits per heavy atom. The first-order valence-corrected chi connectivity index (χ1v) is 8.75. The zero-order valence-corrected chi connectivity index (χ0v) is 14.5. The van der Waals surface area contributed by atoms with Crippen molar-refractivity contribution in [1.82, 2.24) is 20.2 Å². The van der Waals surface area contributed by atoms with Gasteiger partial charge in [-0.05, 0) is 40.4 Å². The van der Waals surface area contributed by atoms with E-state index in [0.717, 1.165) is 5.69 Å². The van der Waals surface area contributed by atoms with Gasteiger partial charge in [-0.15, -0.1) is 5.10 Å². The number of nitrogens with one attached hydrogen (secondary N) is 1. The molecule has 0 aliphatic rings. The van der Waals surface area contributed by atoms with Crippen molar-refractivity contribution >= 4 is 29.0 Å². The molecule has 9 nitrogen and oxygen atoms in total. The number of nitro benzene ring substituents is 1. The number of nitrogens with zero attached hydrogens (tertiary/aromatic N) is 5. The Balaban J connectivity index is 1.69. The fourth-order valence-corrected chi connectivity index (χ4v) is 2.74. The summed E-state index contributed by atoms with van der Waals surface area (Å²) in [5, 5.41) is 25.6. The molecule has 0 bridgehead atoms. The summed E-state index contributed by atoms with van der Waals surface area (Å²) < 4.78 is 1.58. The molecule has 2 aromatic carbocycles. The second-order valence-corrected chi connectivity index (χ2v) is 6.05. The predicted octanol–water partition coefficient (Wildman–Crippen LogP) is 2.47. The number of thioether (sulfide) groups is 1. The average Bonchev–Trinajstić information content (AvgIpc) is 3.11. The van der Waals surface area contributed by atoms with Crippen molar-refractivity contribution in [1.29, 1.82) is 0 Å². The summed E-state index contributed by atoms with van der Waals surface area (Å²) in [6.07, 6.45) is 1.99. The van der Waals surface area contributed by atoms with Crippen LogP contribution in [0.3, 0.4) is 0 Å². The highest BCUT2D eigenvalue weighted by molar-refractivity contribution is 7.98. The lowest BCUT2D eigenvalue weighted by Gasteiger charge is -2.08. The lowest BCUT2D eigenvalue weighted by atomic mass is 10.1. The van der Waals surface area contributed by atoms with Crippen molar-refractivity contribution in [3.05, 3.63) is 64.2 Å². The van der Waals surface area contributed by atoms with Gasteiger partial charge in [0.25, 0.3) is 5.69 Å². The van der Waals surface area contributed by atoms with Gasteiger partial charge in [-0.1, -0.05) is 30.0 Å². The van der Waals surface area contributed by atoms with Crippen LogP contribution in [0.1, 0.15) is 5.56 Å². The number of carbonyl (C=O) groups excluding carboxylic acids is 1. The van der Waals surface area contributed by atoms with Gasteiger partial charge in [-0.25, -0.2) is 0 Å². The number of benzene rings is 2. The molecule has 1 aromatic heterocycles. The second-order valence-electron chi connectivity index (χ2n) is 5.28. The van der Waals surface area contributed by atoms with Crippen molar-refractivity contribution in [2.45, 2.75) is 11.6 Å². The molecule has 26 heavy (non-hydrogen) atoms. The van der Waals surface area contributed by atoms with Crippen molar-refractivity contribution in [3.63, 3.8) is 0 Å². The highest BCUT2D eigenvalue weighted by atomic mass is 32.2. The first-order chi connectivity index (χ1) is 12.6. The molecule has 10 heteroatoms. The number of aromatic nitrogens is 4. The molecule has 1 N–H and O–H groups in total. The number of hydrogen-bond donors (Lipinski definition) is 1. The highest BCUT2D eigenvalue weighted by Gasteiger charge is 2.10. The maximum Gasteiger partial charge on any atom is 0.269 e. The Labute approximate surface area is 152 Å². The fraction of sp³-hybridized carbons (Fsp3) is 0.125. The lowest BCUT2D eigenvalue weighted by molar-refractivity contribution is -0.384. The SMILES string of the molecule is CSc1nnnn1-c1cccc(NC(=O)Cc2ccc([N+](=O)[O-])cc2)c1. The maximum absolute atomic E-state index is 12.2. The third-order valence-electron chi connectivity index (χ3n) is 3.51. The summed E-state index contributed by atoms with van der Waals surface area (Å²) in [6, 6.07) is 13.1. The summed E-state index contributed by atoms with van der Waals surface area (Å²) in [6.45, 7) is 0. The standard InChI is InChI=1S/C16H14N6O3S/c1-26-16-18-19-20-21(16)14-4-2-3-12(10-14)17-15(23)9-11-5-7-13(8-6-11)22(24)25/h2-8,10H,9H2,1H3,(H,17,23). The minimum Gasteiger partial charge on any atom is -0.326 e. The van der Waals surface area contributed by atoms with Crippen LogP contribution in [0.5, 0.6) is 0 Å². The molecule has 0 fully saturated rings. The number of nitro groups is 1. The number of amides is 1. The van der Waals surface area contributed by atoms with Gasteiger partial charge >= 0.3 is 0 Å². The minimum atomic E-state index is -0.475. The van der Waals surface area contributed by atoms with Crippen molar-refractivity contribution in [3.8, 4) is 5.69 Å². The topological polar surface area (TPSA) is 116 Å². The average molecular weight is 370 g/mol. The molecule has 3 rings (SSSR count). The summed E-state index contributed by atoms with van der Waals surface area (Å²) in [4.78, 5) is 22.4. The Bertz CT molecular complexity index is 941. The van der Waals surface area contributed by atoms with E-state index in [1.807, 2.05) is 12.3 Å². The molecule has 0 saturated heterocycles. The summed E-state index contributed by atoms with van der Waals surface area (Å²) in [7, 11) is 0. The summed E-state index contributed by atoms with van der Waals surface area (Å²) in [5.41, 5.74) is 2.02. The van der Waals surface area contributed by atoms with E-state index in [1.165, 1.54) is 23.9 Å². The molecule has 0 aliphatic heterocycles. The molecule has 3 aromatic rings. The molecule has 1 amide bonds. The van der Waals surface area contributed by atoms with E-state index < -0.39 is 4.92 Å². The number of hydrogen-bond acceptors (Lipinski definition) is 7. The maximum atomic E-state index is 12.2. The Hall–Kier alpha value is -3.27. The Kier molecular flexibility index (Phi) is 5.23. The predicted molar refractivity (Wildman–Crippen MR) is 96.4 cm³/mol. The van der Waals surface area contributed by atoms with Gasteiger partial charge in [0, 0.05) is 17.8 Å². The Morgan fingerprint density at radius 1 is 1.27 bits per heavy atom. The van der Waals surface area contributed by atoms with Crippen LogP contribution in [0.2, 0.25) is 0 Å². The number of rotatable bonds is 6. The smallest absolute Gasteiger partial charge is 0.269 e. The van der Waals surface area contributed by atoms with Crippen LogP contribution in [0, 0.1) is 10.1 Å². The molecular weight excluding hydrogens is 356 g/mol. The monoisotopic (exact) mass is 370 g/mol. The van der Waals surface area contributed by atoms with E-state index in [0.29, 0.717) is 16.4 Å². The van der Waals surface area contributed by atoms with Gasteiger partial charge in [-0.2, -0.15) is 4.68 Å². The molecule has 0 saturated carbocycles. The molecule has 1 heterocycles. The Morgan fingerprint density at radius 3 is 2.73 bits per heavy atom. The van der Waals surface area contributed by atoms with E-state index in [-0.39, 0.29) is 18.0 Å². The normalized spacial score (nSPS) is 10.5. The molecule has 0 aliphatic carbocycles. The summed E-state index contributed by atoms with van der Waals surface area (Å²) >= 11 is 1.41. The molecule has 0 atom stereocenters. The van der Waals surface area contributed by atoms with Crippen LogP contribution in [-0.2, 0) is 11.2 Å². The van der Waals surface area contributed by atoms with Gasteiger partial charge in [0.2, 0.25) is 11.1 Å². The van der Waals surface area contributed by atoms with E-state index in [4.69, 9.17) is 0 Å². The van der Waals surface area contributed by atoms with Crippen LogP contribution in [0.4, 0.5) is 11.4 Å². The highest BCUT2D eigenvalue weighted by Crippen LogP contribution is 2.19. The number of anilines is 1. The third-order valence-corrected chi connectivity index (χ3v) is 4.13. The van der Waals surface area contributed by atoms with Crippen LogP contribution >= 0.6 is 11.8 Å². The van der Waals surface area contributed by atoms with Crippen molar-refractivity contribution in [2.24, 2.45) is 0 Å². The van der Waals surface area contributed by atoms with Crippen LogP contribution in [-0.4, -0.2) is 37.3 Å². The number of non-ortho nitro benzene ring substituents is 1. The molecule has 132 valence electrons. The lowest BCUT2D eigenvalue weighted by Crippen LogP contribution is -2.14.